The van der Waals surface area contributed by atoms with Crippen LogP contribution < -0.4 is 9.47 Å². The van der Waals surface area contributed by atoms with E-state index in [9.17, 15) is 0 Å². The first kappa shape index (κ1) is 10.6. The Morgan fingerprint density at radius 3 is 2.62 bits per heavy atom. The van der Waals surface area contributed by atoms with Gasteiger partial charge in [-0.1, -0.05) is 24.3 Å². The Balaban J connectivity index is 2.49. The van der Waals surface area contributed by atoms with E-state index >= 15 is 0 Å². The van der Waals surface area contributed by atoms with Crippen molar-refractivity contribution in [2.75, 3.05) is 14.2 Å². The molecule has 0 aliphatic carbocycles. The van der Waals surface area contributed by atoms with Crippen molar-refractivity contribution >= 4 is 0 Å². The van der Waals surface area contributed by atoms with Crippen LogP contribution in [0, 0.1) is 6.07 Å². The maximum Gasteiger partial charge on any atom is 0.127 e. The van der Waals surface area contributed by atoms with Crippen LogP contribution in [0.25, 0.3) is 11.1 Å². The molecular weight excluding hydrogens is 200 g/mol. The van der Waals surface area contributed by atoms with Gasteiger partial charge in [0, 0.05) is 5.56 Å². The highest BCUT2D eigenvalue weighted by molar-refractivity contribution is 5.70. The highest BCUT2D eigenvalue weighted by Crippen LogP contribution is 2.30. The lowest BCUT2D eigenvalue weighted by Gasteiger charge is -2.08. The first-order valence-electron chi connectivity index (χ1n) is 5.04. The number of ether oxygens (including phenoxy) is 2. The molecule has 0 aliphatic heterocycles. The fourth-order valence-electron chi connectivity index (χ4n) is 1.60. The van der Waals surface area contributed by atoms with Gasteiger partial charge in [0.2, 0.25) is 0 Å². The molecule has 0 atom stereocenters. The van der Waals surface area contributed by atoms with Gasteiger partial charge in [0.05, 0.1) is 14.2 Å². The predicted octanol–water partition coefficient (Wildman–Crippen LogP) is 3.17. The zero-order valence-corrected chi connectivity index (χ0v) is 9.36. The summed E-state index contributed by atoms with van der Waals surface area (Å²) in [7, 11) is 3.32. The second-order valence-corrected chi connectivity index (χ2v) is 3.35. The van der Waals surface area contributed by atoms with Gasteiger partial charge in [-0.25, -0.2) is 0 Å². The monoisotopic (exact) mass is 213 g/mol. The van der Waals surface area contributed by atoms with Gasteiger partial charge in [0.1, 0.15) is 11.5 Å². The third kappa shape index (κ3) is 2.01. The number of hydrogen-bond donors (Lipinski definition) is 0. The highest BCUT2D eigenvalue weighted by Gasteiger charge is 2.05. The van der Waals surface area contributed by atoms with Gasteiger partial charge in [-0.3, -0.25) is 0 Å². The summed E-state index contributed by atoms with van der Waals surface area (Å²) < 4.78 is 10.5. The standard InChI is InChI=1S/C14H13O2/c1-15-12-7-5-6-11(10-12)13-8-3-4-9-14(13)16-2/h3-7,9-10H,1-2H3. The van der Waals surface area contributed by atoms with Gasteiger partial charge in [0.25, 0.3) is 0 Å². The van der Waals surface area contributed by atoms with Crippen molar-refractivity contribution in [1.82, 2.24) is 0 Å². The molecule has 0 bridgehead atoms. The molecule has 0 unspecified atom stereocenters. The summed E-state index contributed by atoms with van der Waals surface area (Å²) in [4.78, 5) is 0. The molecular formula is C14H13O2. The van der Waals surface area contributed by atoms with E-state index in [0.29, 0.717) is 0 Å². The van der Waals surface area contributed by atoms with Gasteiger partial charge >= 0.3 is 0 Å². The molecule has 2 aromatic rings. The third-order valence-electron chi connectivity index (χ3n) is 2.40. The number of methoxy groups -OCH3 is 2. The van der Waals surface area contributed by atoms with E-state index in [1.54, 1.807) is 14.2 Å². The molecule has 0 saturated heterocycles. The predicted molar refractivity (Wildman–Crippen MR) is 63.8 cm³/mol. The SMILES string of the molecule is COc1cccc(-c2[c]cccc2OC)c1. The summed E-state index contributed by atoms with van der Waals surface area (Å²) in [6.07, 6.45) is 0. The molecule has 81 valence electrons. The highest BCUT2D eigenvalue weighted by atomic mass is 16.5. The summed E-state index contributed by atoms with van der Waals surface area (Å²) in [6.45, 7) is 0. The number of benzene rings is 2. The van der Waals surface area contributed by atoms with Gasteiger partial charge in [0.15, 0.2) is 0 Å². The first-order valence-corrected chi connectivity index (χ1v) is 5.04. The lowest BCUT2D eigenvalue weighted by molar-refractivity contribution is 0.413. The minimum atomic E-state index is 0.816. The van der Waals surface area contributed by atoms with E-state index in [4.69, 9.17) is 9.47 Å². The summed E-state index contributed by atoms with van der Waals surface area (Å²) in [5.41, 5.74) is 1.99. The molecule has 0 saturated carbocycles. The van der Waals surface area contributed by atoms with E-state index in [1.807, 2.05) is 42.5 Å². The Hall–Kier alpha value is -1.96. The molecule has 0 fully saturated rings. The van der Waals surface area contributed by atoms with E-state index in [0.717, 1.165) is 22.6 Å². The molecule has 2 aromatic carbocycles. The lowest BCUT2D eigenvalue weighted by atomic mass is 10.0. The van der Waals surface area contributed by atoms with Crippen molar-refractivity contribution in [2.24, 2.45) is 0 Å². The summed E-state index contributed by atoms with van der Waals surface area (Å²) >= 11 is 0. The Labute approximate surface area is 95.4 Å². The smallest absolute Gasteiger partial charge is 0.127 e. The normalized spacial score (nSPS) is 9.88. The van der Waals surface area contributed by atoms with Crippen LogP contribution in [-0.4, -0.2) is 14.2 Å². The molecule has 2 nitrogen and oxygen atoms in total. The Morgan fingerprint density at radius 2 is 1.88 bits per heavy atom. The topological polar surface area (TPSA) is 18.5 Å². The molecule has 16 heavy (non-hydrogen) atoms. The van der Waals surface area contributed by atoms with Crippen molar-refractivity contribution in [1.29, 1.82) is 0 Å². The van der Waals surface area contributed by atoms with E-state index in [2.05, 4.69) is 6.07 Å². The quantitative estimate of drug-likeness (QED) is 0.779. The summed E-state index contributed by atoms with van der Waals surface area (Å²) in [5.74, 6) is 1.65. The molecule has 1 radical (unpaired) electrons. The average Bonchev–Trinajstić information content (AvgIpc) is 2.38. The second-order valence-electron chi connectivity index (χ2n) is 3.35. The molecule has 2 rings (SSSR count). The fourth-order valence-corrected chi connectivity index (χ4v) is 1.60. The van der Waals surface area contributed by atoms with Gasteiger partial charge < -0.3 is 9.47 Å². The van der Waals surface area contributed by atoms with Gasteiger partial charge in [-0.2, -0.15) is 0 Å². The molecule has 0 N–H and O–H groups in total. The van der Waals surface area contributed by atoms with Gasteiger partial charge in [-0.05, 0) is 29.8 Å². The van der Waals surface area contributed by atoms with Crippen LogP contribution in [-0.2, 0) is 0 Å². The van der Waals surface area contributed by atoms with Crippen LogP contribution >= 0.6 is 0 Å². The molecule has 0 spiro atoms. The van der Waals surface area contributed by atoms with Crippen LogP contribution in [0.2, 0.25) is 0 Å². The molecule has 0 amide bonds. The van der Waals surface area contributed by atoms with Gasteiger partial charge in [-0.15, -0.1) is 0 Å². The van der Waals surface area contributed by atoms with Crippen LogP contribution in [0.5, 0.6) is 11.5 Å². The first-order chi connectivity index (χ1) is 7.85. The second kappa shape index (κ2) is 4.71. The Morgan fingerprint density at radius 1 is 1.00 bits per heavy atom. The van der Waals surface area contributed by atoms with Crippen molar-refractivity contribution < 1.29 is 9.47 Å². The molecule has 0 aromatic heterocycles. The van der Waals surface area contributed by atoms with E-state index in [1.165, 1.54) is 0 Å². The third-order valence-corrected chi connectivity index (χ3v) is 2.40. The summed E-state index contributed by atoms with van der Waals surface area (Å²) in [5, 5.41) is 0. The Kier molecular flexibility index (Phi) is 3.10. The minimum absolute atomic E-state index is 0.816. The molecule has 0 heterocycles. The number of hydrogen-bond acceptors (Lipinski definition) is 2. The Bertz CT molecular complexity index is 478. The molecule has 2 heteroatoms. The lowest BCUT2D eigenvalue weighted by Crippen LogP contribution is -1.88. The van der Waals surface area contributed by atoms with Crippen molar-refractivity contribution in [3.63, 3.8) is 0 Å². The van der Waals surface area contributed by atoms with E-state index < -0.39 is 0 Å². The van der Waals surface area contributed by atoms with Crippen molar-refractivity contribution in [2.45, 2.75) is 0 Å². The zero-order valence-electron chi connectivity index (χ0n) is 9.36. The van der Waals surface area contributed by atoms with Crippen LogP contribution in [0.4, 0.5) is 0 Å². The maximum atomic E-state index is 5.30. The minimum Gasteiger partial charge on any atom is -0.497 e. The van der Waals surface area contributed by atoms with Crippen LogP contribution in [0.1, 0.15) is 0 Å². The largest absolute Gasteiger partial charge is 0.497 e. The van der Waals surface area contributed by atoms with Crippen LogP contribution in [0.3, 0.4) is 0 Å². The fraction of sp³-hybridized carbons (Fsp3) is 0.143. The van der Waals surface area contributed by atoms with Crippen LogP contribution in [0.15, 0.2) is 42.5 Å². The summed E-state index contributed by atoms with van der Waals surface area (Å²) in [6, 6.07) is 16.7. The van der Waals surface area contributed by atoms with Crippen molar-refractivity contribution in [3.05, 3.63) is 48.5 Å². The number of rotatable bonds is 3. The zero-order chi connectivity index (χ0) is 11.4. The average molecular weight is 213 g/mol. The molecule has 0 aliphatic rings. The van der Waals surface area contributed by atoms with Crippen molar-refractivity contribution in [3.8, 4) is 22.6 Å². The van der Waals surface area contributed by atoms with E-state index in [-0.39, 0.29) is 0 Å². The maximum absolute atomic E-state index is 5.30.